The van der Waals surface area contributed by atoms with Crippen LogP contribution in [0.15, 0.2) is 21.9 Å². The summed E-state index contributed by atoms with van der Waals surface area (Å²) in [6.07, 6.45) is -1.82. The molecule has 0 aromatic carbocycles. The Kier molecular flexibility index (Phi) is 7.27. The molecule has 2 heterocycles. The van der Waals surface area contributed by atoms with Crippen LogP contribution in [0, 0.1) is 0 Å². The van der Waals surface area contributed by atoms with Crippen molar-refractivity contribution in [2.45, 2.75) is 25.0 Å². The average molecular weight is 416 g/mol. The highest BCUT2D eigenvalue weighted by atomic mass is 32.4. The van der Waals surface area contributed by atoms with E-state index in [1.165, 1.54) is 19.4 Å². The Morgan fingerprint density at radius 1 is 1.52 bits per heavy atom. The van der Waals surface area contributed by atoms with Gasteiger partial charge in [-0.3, -0.25) is 18.9 Å². The molecule has 11 nitrogen and oxygen atoms in total. The Morgan fingerprint density at radius 2 is 2.24 bits per heavy atom. The third-order valence-corrected chi connectivity index (χ3v) is 5.95. The third kappa shape index (κ3) is 5.65. The molecule has 0 saturated carbocycles. The second kappa shape index (κ2) is 8.81. The summed E-state index contributed by atoms with van der Waals surface area (Å²) in [7, 11) is -3.47. The summed E-state index contributed by atoms with van der Waals surface area (Å²) in [5.41, 5.74) is -1.21. The maximum atomic E-state index is 11.9. The van der Waals surface area contributed by atoms with Crippen molar-refractivity contribution in [3.8, 4) is 0 Å². The van der Waals surface area contributed by atoms with Crippen LogP contribution in [0.1, 0.15) is 12.6 Å². The molecule has 0 bridgehead atoms. The van der Waals surface area contributed by atoms with Crippen LogP contribution in [-0.4, -0.2) is 47.4 Å². The molecular formula is C11H18N2O9P2S. The Bertz CT molecular complexity index is 781. The van der Waals surface area contributed by atoms with E-state index in [-0.39, 0.29) is 6.42 Å². The Hall–Kier alpha value is -0.680. The van der Waals surface area contributed by atoms with Gasteiger partial charge in [0, 0.05) is 32.9 Å². The fraction of sp³-hybridized carbons (Fsp3) is 0.636. The van der Waals surface area contributed by atoms with Gasteiger partial charge in [-0.05, 0) is 11.8 Å². The van der Waals surface area contributed by atoms with Gasteiger partial charge in [-0.1, -0.05) is 0 Å². The summed E-state index contributed by atoms with van der Waals surface area (Å²) in [6.45, 7) is 0. The molecule has 25 heavy (non-hydrogen) atoms. The normalized spacial score (nSPS) is 27.1. The Morgan fingerprint density at radius 3 is 2.84 bits per heavy atom. The first-order valence-electron chi connectivity index (χ1n) is 6.96. The van der Waals surface area contributed by atoms with Gasteiger partial charge in [0.15, 0.2) is 19.8 Å². The number of nitrogens with one attached hydrogen (secondary N) is 1. The maximum Gasteiger partial charge on any atom is 0.353 e. The number of rotatable bonds is 8. The van der Waals surface area contributed by atoms with Gasteiger partial charge in [0.05, 0.1) is 0 Å². The zero-order valence-corrected chi connectivity index (χ0v) is 16.0. The van der Waals surface area contributed by atoms with Gasteiger partial charge in [-0.25, -0.2) is 4.79 Å². The molecule has 1 aliphatic heterocycles. The van der Waals surface area contributed by atoms with Crippen molar-refractivity contribution in [3.63, 3.8) is 0 Å². The summed E-state index contributed by atoms with van der Waals surface area (Å²) >= 11 is 5.01. The summed E-state index contributed by atoms with van der Waals surface area (Å²) in [6, 6.07) is 1.17. The molecule has 2 unspecified atom stereocenters. The molecule has 1 saturated heterocycles. The number of ether oxygens (including phenoxy) is 2. The van der Waals surface area contributed by atoms with Gasteiger partial charge in [-0.2, -0.15) is 0 Å². The number of hydrogen-bond donors (Lipinski definition) is 2. The number of H-pyrrole nitrogens is 1. The van der Waals surface area contributed by atoms with Gasteiger partial charge in [0.2, 0.25) is 0 Å². The molecule has 14 heteroatoms. The van der Waals surface area contributed by atoms with Gasteiger partial charge < -0.3 is 27.9 Å². The van der Waals surface area contributed by atoms with Crippen LogP contribution in [-0.2, 0) is 39.4 Å². The predicted molar refractivity (Wildman–Crippen MR) is 90.2 cm³/mol. The molecule has 1 fully saturated rings. The minimum Gasteiger partial charge on any atom is -0.337 e. The first-order valence-corrected chi connectivity index (χ1v) is 11.2. The highest BCUT2D eigenvalue weighted by Gasteiger charge is 2.40. The number of hydrogen-bond acceptors (Lipinski definition) is 9. The molecule has 1 aromatic rings. The van der Waals surface area contributed by atoms with E-state index in [4.69, 9.17) is 30.3 Å². The predicted octanol–water partition coefficient (Wildman–Crippen LogP) is 0.125. The lowest BCUT2D eigenvalue weighted by Crippen LogP contribution is -2.31. The third-order valence-electron chi connectivity index (χ3n) is 3.29. The molecule has 0 spiro atoms. The van der Waals surface area contributed by atoms with Gasteiger partial charge in [0.1, 0.15) is 12.3 Å². The average Bonchev–Trinajstić information content (AvgIpc) is 2.95. The van der Waals surface area contributed by atoms with E-state index in [0.717, 1.165) is 11.7 Å². The Balaban J connectivity index is 2.17. The lowest BCUT2D eigenvalue weighted by molar-refractivity contribution is -0.164. The van der Waals surface area contributed by atoms with Crippen molar-refractivity contribution in [2.24, 2.45) is 0 Å². The van der Waals surface area contributed by atoms with Crippen LogP contribution < -0.4 is 11.2 Å². The Labute approximate surface area is 147 Å². The molecule has 2 N–H and O–H groups in total. The highest BCUT2D eigenvalue weighted by Crippen LogP contribution is 2.43. The van der Waals surface area contributed by atoms with Gasteiger partial charge >= 0.3 is 13.3 Å². The topological polar surface area (TPSA) is 138 Å². The van der Waals surface area contributed by atoms with Crippen molar-refractivity contribution in [1.29, 1.82) is 0 Å². The van der Waals surface area contributed by atoms with E-state index >= 15 is 0 Å². The van der Waals surface area contributed by atoms with Gasteiger partial charge in [0.25, 0.3) is 5.56 Å². The lowest BCUT2D eigenvalue weighted by atomic mass is 10.2. The zero-order chi connectivity index (χ0) is 18.6. The summed E-state index contributed by atoms with van der Waals surface area (Å²) in [5, 5.41) is 0. The monoisotopic (exact) mass is 416 g/mol. The zero-order valence-electron chi connectivity index (χ0n) is 13.3. The molecular weight excluding hydrogens is 398 g/mol. The van der Waals surface area contributed by atoms with Gasteiger partial charge in [-0.15, -0.1) is 0 Å². The molecule has 1 aliphatic rings. The van der Waals surface area contributed by atoms with Crippen LogP contribution >= 0.6 is 14.7 Å². The van der Waals surface area contributed by atoms with Crippen LogP contribution in [0.2, 0.25) is 0 Å². The van der Waals surface area contributed by atoms with E-state index in [1.807, 2.05) is 0 Å². The summed E-state index contributed by atoms with van der Waals surface area (Å²) in [4.78, 5) is 34.6. The molecule has 0 aliphatic carbocycles. The van der Waals surface area contributed by atoms with E-state index in [9.17, 15) is 19.0 Å². The van der Waals surface area contributed by atoms with E-state index < -0.39 is 51.0 Å². The summed E-state index contributed by atoms with van der Waals surface area (Å²) in [5.74, 6) is 0. The fourth-order valence-corrected chi connectivity index (χ4v) is 3.45. The molecule has 1 aromatic heterocycles. The van der Waals surface area contributed by atoms with Crippen molar-refractivity contribution >= 4 is 26.6 Å². The minimum atomic E-state index is -3.92. The first-order chi connectivity index (χ1) is 11.8. The second-order valence-corrected chi connectivity index (χ2v) is 8.98. The molecule has 142 valence electrons. The number of aromatic nitrogens is 2. The van der Waals surface area contributed by atoms with Crippen molar-refractivity contribution in [2.75, 3.05) is 20.6 Å². The van der Waals surface area contributed by atoms with Crippen molar-refractivity contribution in [1.82, 2.24) is 9.55 Å². The fourth-order valence-electron chi connectivity index (χ4n) is 2.08. The molecule has 2 rings (SSSR count). The first kappa shape index (κ1) is 20.6. The van der Waals surface area contributed by atoms with Crippen LogP contribution in [0.5, 0.6) is 0 Å². The smallest absolute Gasteiger partial charge is 0.337 e. The van der Waals surface area contributed by atoms with E-state index in [0.29, 0.717) is 0 Å². The minimum absolute atomic E-state index is 0.160. The van der Waals surface area contributed by atoms with Crippen LogP contribution in [0.4, 0.5) is 0 Å². The molecule has 0 amide bonds. The number of nitrogens with zero attached hydrogens (tertiary/aromatic N) is 1. The largest absolute Gasteiger partial charge is 0.353 e. The molecule has 0 radical (unpaired) electrons. The quantitative estimate of drug-likeness (QED) is 0.562. The second-order valence-electron chi connectivity index (χ2n) is 4.94. The summed E-state index contributed by atoms with van der Waals surface area (Å²) < 4.78 is 38.5. The molecule has 5 atom stereocenters. The number of aromatic amines is 1. The van der Waals surface area contributed by atoms with Crippen molar-refractivity contribution in [3.05, 3.63) is 33.1 Å². The lowest BCUT2D eigenvalue weighted by Gasteiger charge is -2.20. The van der Waals surface area contributed by atoms with E-state index in [2.05, 4.69) is 9.51 Å². The van der Waals surface area contributed by atoms with Crippen LogP contribution in [0.25, 0.3) is 0 Å². The van der Waals surface area contributed by atoms with Crippen molar-refractivity contribution < 1.29 is 32.5 Å². The maximum absolute atomic E-state index is 11.9. The standard InChI is InChI=1S/C11H18N2O9P2S/c1-18-23(25)22-7-5-9(13-4-3-8(14)12-11(13)15)21-10(7)20-6-24(16,17)19-2/h3-4,7,9-10,23H,5-6H2,1-2H3,(H,16,17)(H,12,14,15)/t7-,9+,10-/m0/s1. The van der Waals surface area contributed by atoms with Crippen LogP contribution in [0.3, 0.4) is 0 Å². The van der Waals surface area contributed by atoms with E-state index in [1.54, 1.807) is 0 Å². The highest BCUT2D eigenvalue weighted by molar-refractivity contribution is 8.00. The SMILES string of the molecule is CO[PH](=S)O[C@H]1C[C@H](n2ccc(=O)[nH]c2=O)O[C@@H]1OCP(=O)(O)OC.